The van der Waals surface area contributed by atoms with Gasteiger partial charge in [-0.3, -0.25) is 4.79 Å². The highest BCUT2D eigenvalue weighted by Gasteiger charge is 2.48. The third-order valence-corrected chi connectivity index (χ3v) is 6.23. The molecule has 1 aromatic carbocycles. The van der Waals surface area contributed by atoms with Crippen LogP contribution in [0, 0.1) is 11.3 Å². The van der Waals surface area contributed by atoms with Gasteiger partial charge < -0.3 is 0 Å². The molecular weight excluding hydrogens is 446 g/mol. The number of benzene rings is 1. The first-order chi connectivity index (χ1) is 14.8. The fourth-order valence-electron chi connectivity index (χ4n) is 4.08. The largest absolute Gasteiger partial charge is 0.268 e. The van der Waals surface area contributed by atoms with Crippen molar-refractivity contribution in [2.75, 3.05) is 0 Å². The number of carbonyl (C=O) groups excluding carboxylic acids is 1. The molecule has 33 heavy (non-hydrogen) atoms. The van der Waals surface area contributed by atoms with Gasteiger partial charge in [0.05, 0.1) is 16.8 Å². The van der Waals surface area contributed by atoms with Crippen LogP contribution in [0.2, 0.25) is 0 Å². The molecule has 1 aromatic rings. The second-order valence-corrected chi connectivity index (χ2v) is 13.4. The zero-order valence-corrected chi connectivity index (χ0v) is 22.1. The second-order valence-electron chi connectivity index (χ2n) is 11.8. The van der Waals surface area contributed by atoms with Crippen molar-refractivity contribution in [3.05, 3.63) is 29.8 Å². The molecule has 1 aliphatic carbocycles. The Hall–Kier alpha value is -1.52. The number of amides is 1. The molecule has 1 saturated carbocycles. The first kappa shape index (κ1) is 27.7. The van der Waals surface area contributed by atoms with Crippen LogP contribution in [0.15, 0.2) is 29.2 Å². The van der Waals surface area contributed by atoms with E-state index in [2.05, 4.69) is 20.8 Å². The van der Waals surface area contributed by atoms with E-state index in [0.29, 0.717) is 5.92 Å². The summed E-state index contributed by atoms with van der Waals surface area (Å²) in [5.41, 5.74) is -0.427. The van der Waals surface area contributed by atoms with E-state index in [1.54, 1.807) is 12.1 Å². The number of rotatable bonds is 4. The number of nitrogens with one attached hydrogen (secondary N) is 1. The predicted octanol–water partition coefficient (Wildman–Crippen LogP) is 5.14. The zero-order valence-electron chi connectivity index (χ0n) is 21.3. The van der Waals surface area contributed by atoms with Crippen LogP contribution in [0.3, 0.4) is 0 Å². The molecule has 0 saturated heterocycles. The van der Waals surface area contributed by atoms with Crippen molar-refractivity contribution in [3.8, 4) is 0 Å². The van der Waals surface area contributed by atoms with E-state index in [0.717, 1.165) is 19.3 Å². The summed E-state index contributed by atoms with van der Waals surface area (Å²) < 4.78 is 24.2. The van der Waals surface area contributed by atoms with Crippen LogP contribution in [0.1, 0.15) is 91.9 Å². The predicted molar refractivity (Wildman–Crippen MR) is 124 cm³/mol. The van der Waals surface area contributed by atoms with Gasteiger partial charge in [-0.05, 0) is 71.4 Å². The van der Waals surface area contributed by atoms with E-state index in [1.807, 2.05) is 46.3 Å². The fourth-order valence-corrected chi connectivity index (χ4v) is 5.26. The van der Waals surface area contributed by atoms with Crippen molar-refractivity contribution in [1.29, 1.82) is 0 Å². The third-order valence-electron chi connectivity index (χ3n) is 4.84. The molecule has 0 radical (unpaired) electrons. The second kappa shape index (κ2) is 9.62. The Bertz CT molecular complexity index is 924. The van der Waals surface area contributed by atoms with Crippen LogP contribution in [-0.2, 0) is 29.6 Å². The summed E-state index contributed by atoms with van der Waals surface area (Å²) in [5.74, 6) is -0.909. The first-order valence-electron chi connectivity index (χ1n) is 11.2. The van der Waals surface area contributed by atoms with Gasteiger partial charge >= 0.3 is 0 Å². The van der Waals surface area contributed by atoms with Crippen LogP contribution in [-0.4, -0.2) is 31.3 Å². The number of carbonyl (C=O) groups is 1. The van der Waals surface area contributed by atoms with Crippen LogP contribution in [0.5, 0.6) is 0 Å². The number of sulfonamides is 1. The Morgan fingerprint density at radius 3 is 1.91 bits per heavy atom. The topological polar surface area (TPSA) is 100 Å². The normalized spacial score (nSPS) is 23.2. The average molecular weight is 486 g/mol. The zero-order chi connectivity index (χ0) is 25.3. The molecule has 8 nitrogen and oxygen atoms in total. The highest BCUT2D eigenvalue weighted by atomic mass is 32.2. The van der Waals surface area contributed by atoms with E-state index < -0.39 is 21.7 Å². The Kier molecular flexibility index (Phi) is 8.08. The Balaban J connectivity index is 0.000000268. The summed E-state index contributed by atoms with van der Waals surface area (Å²) in [6.45, 7) is 18.5. The van der Waals surface area contributed by atoms with Crippen molar-refractivity contribution >= 4 is 15.9 Å². The van der Waals surface area contributed by atoms with Crippen molar-refractivity contribution in [1.82, 2.24) is 4.72 Å². The van der Waals surface area contributed by atoms with Crippen molar-refractivity contribution in [2.45, 2.75) is 103 Å². The maximum atomic E-state index is 11.1. The molecule has 1 heterocycles. The fraction of sp³-hybridized carbons (Fsp3) is 0.708. The summed E-state index contributed by atoms with van der Waals surface area (Å²) in [7, 11) is -3.55. The van der Waals surface area contributed by atoms with Gasteiger partial charge in [0, 0.05) is 12.8 Å². The standard InChI is InChI=1S/C17H34O4.C7H5NO3S/c1-13-10-16(8,9)12-17(11-13,20-18-14(2,3)4)21-19-15(5,6)7;9-7-5-3-1-2-4-6(5)12(10,11)8-7/h13H,10-12H2,1-9H3;1-4H,(H,8,9). The molecular formula is C24H39NO7S. The highest BCUT2D eigenvalue weighted by molar-refractivity contribution is 7.90. The lowest BCUT2D eigenvalue weighted by Gasteiger charge is -2.46. The molecule has 1 fully saturated rings. The van der Waals surface area contributed by atoms with Crippen molar-refractivity contribution in [2.24, 2.45) is 11.3 Å². The highest BCUT2D eigenvalue weighted by Crippen LogP contribution is 2.47. The van der Waals surface area contributed by atoms with E-state index in [1.165, 1.54) is 12.1 Å². The molecule has 0 spiro atoms. The van der Waals surface area contributed by atoms with Crippen molar-refractivity contribution < 1.29 is 32.8 Å². The summed E-state index contributed by atoms with van der Waals surface area (Å²) in [6.07, 6.45) is 2.66. The minimum atomic E-state index is -3.55. The van der Waals surface area contributed by atoms with E-state index in [-0.39, 0.29) is 27.1 Å². The summed E-state index contributed by atoms with van der Waals surface area (Å²) in [5, 5.41) is 0. The molecule has 9 heteroatoms. The molecule has 3 rings (SSSR count). The van der Waals surface area contributed by atoms with E-state index >= 15 is 0 Å². The molecule has 0 bridgehead atoms. The van der Waals surface area contributed by atoms with Crippen LogP contribution >= 0.6 is 0 Å². The Morgan fingerprint density at radius 1 is 0.939 bits per heavy atom. The van der Waals surface area contributed by atoms with Gasteiger partial charge in [0.25, 0.3) is 15.9 Å². The maximum Gasteiger partial charge on any atom is 0.266 e. The summed E-state index contributed by atoms with van der Waals surface area (Å²) >= 11 is 0. The lowest BCUT2D eigenvalue weighted by atomic mass is 9.70. The lowest BCUT2D eigenvalue weighted by Crippen LogP contribution is -2.48. The summed E-state index contributed by atoms with van der Waals surface area (Å²) in [4.78, 5) is 33.8. The quantitative estimate of drug-likeness (QED) is 0.358. The molecule has 1 N–H and O–H groups in total. The van der Waals surface area contributed by atoms with Crippen LogP contribution in [0.4, 0.5) is 0 Å². The molecule has 0 aromatic heterocycles. The van der Waals surface area contributed by atoms with Gasteiger partial charge in [0.1, 0.15) is 4.90 Å². The molecule has 1 aliphatic heterocycles. The number of hydrogen-bond donors (Lipinski definition) is 1. The molecule has 188 valence electrons. The van der Waals surface area contributed by atoms with E-state index in [4.69, 9.17) is 19.6 Å². The van der Waals surface area contributed by atoms with Gasteiger partial charge in [0.2, 0.25) is 5.79 Å². The van der Waals surface area contributed by atoms with Crippen LogP contribution in [0.25, 0.3) is 0 Å². The van der Waals surface area contributed by atoms with Gasteiger partial charge in [0.15, 0.2) is 0 Å². The lowest BCUT2D eigenvalue weighted by molar-refractivity contribution is -0.551. The smallest absolute Gasteiger partial charge is 0.266 e. The van der Waals surface area contributed by atoms with E-state index in [9.17, 15) is 13.2 Å². The molecule has 1 unspecified atom stereocenters. The monoisotopic (exact) mass is 485 g/mol. The molecule has 1 atom stereocenters. The summed E-state index contributed by atoms with van der Waals surface area (Å²) in [6, 6.07) is 6.09. The Labute approximate surface area is 198 Å². The Morgan fingerprint density at radius 2 is 1.45 bits per heavy atom. The number of fused-ring (bicyclic) bond motifs is 1. The van der Waals surface area contributed by atoms with Crippen molar-refractivity contribution in [3.63, 3.8) is 0 Å². The van der Waals surface area contributed by atoms with Gasteiger partial charge in [-0.2, -0.15) is 9.78 Å². The van der Waals surface area contributed by atoms with Crippen LogP contribution < -0.4 is 4.72 Å². The minimum Gasteiger partial charge on any atom is -0.268 e. The van der Waals surface area contributed by atoms with Gasteiger partial charge in [-0.1, -0.05) is 32.9 Å². The van der Waals surface area contributed by atoms with Gasteiger partial charge in [-0.25, -0.2) is 22.9 Å². The average Bonchev–Trinajstić information content (AvgIpc) is 2.86. The van der Waals surface area contributed by atoms with Gasteiger partial charge in [-0.15, -0.1) is 0 Å². The maximum absolute atomic E-state index is 11.1. The molecule has 2 aliphatic rings. The first-order valence-corrected chi connectivity index (χ1v) is 12.7. The SMILES string of the molecule is CC1CC(C)(C)CC(OOC(C)(C)C)(OOC(C)(C)C)C1.O=C1NS(=O)(=O)c2ccccc21. The molecule has 1 amide bonds. The number of hydrogen-bond acceptors (Lipinski definition) is 7. The third kappa shape index (κ3) is 8.33. The minimum absolute atomic E-state index is 0.0648.